The van der Waals surface area contributed by atoms with Gasteiger partial charge < -0.3 is 19.0 Å². The number of nitrogens with zero attached hydrogens (tertiary/aromatic N) is 3. The average molecular weight is 1140 g/mol. The number of hydrogen-bond acceptors (Lipinski definition) is 12. The third kappa shape index (κ3) is 15.8. The number of aliphatic imine (C=N–C) groups is 1. The Labute approximate surface area is 461 Å². The molecule has 2 aromatic heterocycles. The number of aryl methyl sites for hydroxylation is 2. The van der Waals surface area contributed by atoms with Gasteiger partial charge in [-0.25, -0.2) is 25.6 Å². The molecule has 1 aliphatic heterocycles. The summed E-state index contributed by atoms with van der Waals surface area (Å²) in [6.07, 6.45) is 2.61. The number of ether oxygens (including phenoxy) is 1. The highest BCUT2D eigenvalue weighted by Gasteiger charge is 2.32. The molecule has 4 aromatic carbocycles. The van der Waals surface area contributed by atoms with Gasteiger partial charge in [0.25, 0.3) is 11.1 Å². The van der Waals surface area contributed by atoms with Crippen LogP contribution < -0.4 is 11.1 Å². The Morgan fingerprint density at radius 2 is 1.22 bits per heavy atom. The standard InChI is InChI=1S/C34H42FNO7S2.C25H23FN2O5S/c1-9-45(41,42)21-22-10-15-26(32(39)23-11-13-25(35)14-12-23)28(16-22)29-19-36(8)30(37)18-27(29)24(20-44(40)34(5,6)7)17-31(38)43-33(2,3)4;1-3-34(32,33)14-15-4-9-18-19(10-15)21-13-28(2)23(29)11-20(21)22(12-24(30)31)27-25(18)16-5-7-17(26)8-6-16/h10-16,18-19,24H,9,17,20-21H2,1-8H3;4-11,13,22H,3,12,14H2,1-2H3,(H,30,31)/t24-,44-;22-/m10/s1. The van der Waals surface area contributed by atoms with E-state index in [2.05, 4.69) is 0 Å². The molecule has 1 aliphatic rings. The van der Waals surface area contributed by atoms with E-state index in [9.17, 15) is 58.9 Å². The van der Waals surface area contributed by atoms with Crippen LogP contribution >= 0.6 is 0 Å². The minimum Gasteiger partial charge on any atom is -0.481 e. The van der Waals surface area contributed by atoms with Crippen molar-refractivity contribution >= 4 is 53.9 Å². The minimum atomic E-state index is -3.45. The quantitative estimate of drug-likeness (QED) is 0.0667. The first-order valence-corrected chi connectivity index (χ1v) is 30.3. The number of carboxylic acid groups (broad SMARTS) is 1. The van der Waals surface area contributed by atoms with Crippen molar-refractivity contribution < 1.29 is 54.1 Å². The van der Waals surface area contributed by atoms with Crippen molar-refractivity contribution in [3.05, 3.63) is 186 Å². The van der Waals surface area contributed by atoms with Crippen molar-refractivity contribution in [2.45, 2.75) is 102 Å². The summed E-state index contributed by atoms with van der Waals surface area (Å²) in [6, 6.07) is 22.5. The van der Waals surface area contributed by atoms with Gasteiger partial charge in [-0.05, 0) is 136 Å². The second kappa shape index (κ2) is 24.5. The second-order valence-corrected chi connectivity index (χ2v) is 28.3. The van der Waals surface area contributed by atoms with Crippen LogP contribution in [0.15, 0.2) is 124 Å². The molecule has 1 N–H and O–H groups in total. The summed E-state index contributed by atoms with van der Waals surface area (Å²) in [5, 5.41) is 9.55. The van der Waals surface area contributed by atoms with Gasteiger partial charge >= 0.3 is 11.9 Å². The van der Waals surface area contributed by atoms with Gasteiger partial charge in [0, 0.05) is 111 Å². The fraction of sp³-hybridized carbons (Fsp3) is 0.356. The molecule has 15 nitrogen and oxygen atoms in total. The van der Waals surface area contributed by atoms with E-state index >= 15 is 0 Å². The summed E-state index contributed by atoms with van der Waals surface area (Å²) < 4.78 is 98.2. The molecule has 0 radical (unpaired) electrons. The summed E-state index contributed by atoms with van der Waals surface area (Å²) in [4.78, 5) is 69.0. The van der Waals surface area contributed by atoms with Crippen LogP contribution in [0, 0.1) is 11.6 Å². The van der Waals surface area contributed by atoms with E-state index in [0.717, 1.165) is 0 Å². The summed E-state index contributed by atoms with van der Waals surface area (Å²) in [5.74, 6) is -4.26. The Bertz CT molecular complexity index is 3730. The van der Waals surface area contributed by atoms with Gasteiger partial charge in [-0.3, -0.25) is 33.2 Å². The van der Waals surface area contributed by atoms with E-state index in [0.29, 0.717) is 61.3 Å². The van der Waals surface area contributed by atoms with Crippen molar-refractivity contribution in [2.75, 3.05) is 17.3 Å². The van der Waals surface area contributed by atoms with E-state index < -0.39 is 82.1 Å². The molecule has 0 aliphatic carbocycles. The Balaban J connectivity index is 0.000000265. The zero-order valence-corrected chi connectivity index (χ0v) is 48.2. The van der Waals surface area contributed by atoms with Crippen molar-refractivity contribution in [3.63, 3.8) is 0 Å². The van der Waals surface area contributed by atoms with Crippen LogP contribution in [-0.4, -0.2) is 86.3 Å². The van der Waals surface area contributed by atoms with Gasteiger partial charge in [-0.2, -0.15) is 0 Å². The molecule has 0 fully saturated rings. The van der Waals surface area contributed by atoms with Crippen molar-refractivity contribution in [1.82, 2.24) is 9.13 Å². The van der Waals surface area contributed by atoms with E-state index in [1.807, 2.05) is 20.8 Å². The van der Waals surface area contributed by atoms with Gasteiger partial charge in [-0.1, -0.05) is 38.1 Å². The lowest BCUT2D eigenvalue weighted by molar-refractivity contribution is -0.155. The van der Waals surface area contributed by atoms with Crippen LogP contribution in [0.4, 0.5) is 8.78 Å². The van der Waals surface area contributed by atoms with E-state index in [1.54, 1.807) is 97.4 Å². The molecule has 3 heterocycles. The van der Waals surface area contributed by atoms with Gasteiger partial charge in [0.1, 0.15) is 17.2 Å². The Kier molecular flexibility index (Phi) is 19.0. The van der Waals surface area contributed by atoms with Gasteiger partial charge in [-0.15, -0.1) is 0 Å². The van der Waals surface area contributed by atoms with Gasteiger partial charge in [0.05, 0.1) is 36.1 Å². The first-order chi connectivity index (χ1) is 36.8. The highest BCUT2D eigenvalue weighted by molar-refractivity contribution is 7.90. The fourth-order valence-corrected chi connectivity index (χ4v) is 11.7. The number of halogens is 2. The maximum Gasteiger partial charge on any atom is 0.306 e. The predicted molar refractivity (Wildman–Crippen MR) is 303 cm³/mol. The zero-order valence-electron chi connectivity index (χ0n) is 45.8. The SMILES string of the molecule is CCS(=O)(=O)Cc1ccc(C(=O)c2ccc(F)cc2)c(-c2cn(C)c(=O)cc2[C@H](CC(=O)OC(C)(C)C)C[S@@](=O)C(C)(C)C)c1.CCS(=O)(=O)Cc1ccc2c(c1)-c1cn(C)c(=O)cc1[C@H](CC(=O)O)N=C2c1ccc(F)cc1. The molecule has 420 valence electrons. The molecule has 6 aromatic rings. The highest BCUT2D eigenvalue weighted by Crippen LogP contribution is 2.40. The van der Waals surface area contributed by atoms with Crippen LogP contribution in [0.1, 0.15) is 129 Å². The first-order valence-electron chi connectivity index (χ1n) is 25.3. The van der Waals surface area contributed by atoms with Crippen LogP contribution in [0.5, 0.6) is 0 Å². The maximum atomic E-state index is 13.8. The molecule has 0 amide bonds. The molecular weight excluding hydrogens is 1080 g/mol. The molecule has 0 spiro atoms. The number of hydrogen-bond donors (Lipinski definition) is 1. The molecular formula is C59H65F2N3O12S3. The van der Waals surface area contributed by atoms with Crippen molar-refractivity contribution in [1.29, 1.82) is 0 Å². The Hall–Kier alpha value is -7.03. The lowest BCUT2D eigenvalue weighted by Gasteiger charge is -2.27. The minimum absolute atomic E-state index is 0.00184. The number of benzene rings is 4. The van der Waals surface area contributed by atoms with E-state index in [4.69, 9.17) is 9.73 Å². The number of aliphatic carboxylic acids is 1. The maximum absolute atomic E-state index is 13.8. The molecule has 79 heavy (non-hydrogen) atoms. The number of rotatable bonds is 17. The number of pyridine rings is 2. The molecule has 20 heteroatoms. The molecule has 0 unspecified atom stereocenters. The summed E-state index contributed by atoms with van der Waals surface area (Å²) in [7, 11) is -5.07. The van der Waals surface area contributed by atoms with Crippen LogP contribution in [-0.2, 0) is 70.4 Å². The summed E-state index contributed by atoms with van der Waals surface area (Å²) in [6.45, 7) is 13.8. The van der Waals surface area contributed by atoms with E-state index in [1.165, 1.54) is 69.9 Å². The number of carbonyl (C=O) groups is 3. The monoisotopic (exact) mass is 1140 g/mol. The molecule has 0 saturated heterocycles. The van der Waals surface area contributed by atoms with E-state index in [-0.39, 0.29) is 63.9 Å². The number of sulfone groups is 2. The second-order valence-electron chi connectivity index (χ2n) is 21.3. The molecule has 0 saturated carbocycles. The number of aromatic nitrogens is 2. The molecule has 3 atom stereocenters. The topological polar surface area (TPSA) is 222 Å². The van der Waals surface area contributed by atoms with Crippen molar-refractivity contribution in [3.8, 4) is 22.3 Å². The number of carbonyl (C=O) groups excluding carboxylic acids is 2. The number of carboxylic acids is 1. The smallest absolute Gasteiger partial charge is 0.306 e. The summed E-state index contributed by atoms with van der Waals surface area (Å²) in [5.41, 5.74) is 4.32. The largest absolute Gasteiger partial charge is 0.481 e. The van der Waals surface area contributed by atoms with Crippen molar-refractivity contribution in [2.24, 2.45) is 19.1 Å². The third-order valence-corrected chi connectivity index (χ3v) is 18.3. The fourth-order valence-electron chi connectivity index (χ4n) is 8.76. The molecule has 0 bridgehead atoms. The zero-order chi connectivity index (χ0) is 58.5. The Morgan fingerprint density at radius 1 is 0.696 bits per heavy atom. The van der Waals surface area contributed by atoms with Gasteiger partial charge in [0.2, 0.25) is 0 Å². The average Bonchev–Trinajstić information content (AvgIpc) is 3.64. The number of esters is 1. The third-order valence-electron chi connectivity index (χ3n) is 13.0. The van der Waals surface area contributed by atoms with Crippen LogP contribution in [0.2, 0.25) is 0 Å². The Morgan fingerprint density at radius 3 is 1.75 bits per heavy atom. The molecule has 7 rings (SSSR count). The normalized spacial score (nSPS) is 14.3. The number of fused-ring (bicyclic) bond motifs is 3. The lowest BCUT2D eigenvalue weighted by Crippen LogP contribution is -2.30. The van der Waals surface area contributed by atoms with Gasteiger partial charge in [0.15, 0.2) is 25.5 Å². The predicted octanol–water partition coefficient (Wildman–Crippen LogP) is 9.21. The number of ketones is 1. The van der Waals surface area contributed by atoms with Crippen LogP contribution in [0.3, 0.4) is 0 Å². The summed E-state index contributed by atoms with van der Waals surface area (Å²) >= 11 is 0. The first kappa shape index (κ1) is 61.2. The highest BCUT2D eigenvalue weighted by atomic mass is 32.2. The lowest BCUT2D eigenvalue weighted by atomic mass is 9.86. The van der Waals surface area contributed by atoms with Crippen LogP contribution in [0.25, 0.3) is 22.3 Å².